The highest BCUT2D eigenvalue weighted by Gasteiger charge is 2.38. The first-order valence-corrected chi connectivity index (χ1v) is 8.17. The van der Waals surface area contributed by atoms with Crippen LogP contribution in [-0.2, 0) is 23.9 Å². The molecule has 3 rings (SSSR count). The van der Waals surface area contributed by atoms with Crippen molar-refractivity contribution in [3.63, 3.8) is 0 Å². The number of nitrogens with one attached hydrogen (secondary N) is 2. The summed E-state index contributed by atoms with van der Waals surface area (Å²) in [6.45, 7) is 4.38. The van der Waals surface area contributed by atoms with Gasteiger partial charge >= 0.3 is 11.9 Å². The summed E-state index contributed by atoms with van der Waals surface area (Å²) in [5.41, 5.74) is 1.06. The van der Waals surface area contributed by atoms with Gasteiger partial charge in [-0.15, -0.1) is 0 Å². The van der Waals surface area contributed by atoms with E-state index < -0.39 is 17.7 Å². The molecule has 0 radical (unpaired) electrons. The largest absolute Gasteiger partial charge is 0.419 e. The van der Waals surface area contributed by atoms with Crippen molar-refractivity contribution in [2.75, 3.05) is 10.6 Å². The van der Waals surface area contributed by atoms with Crippen molar-refractivity contribution in [3.05, 3.63) is 30.0 Å². The fourth-order valence-corrected chi connectivity index (χ4v) is 3.05. The lowest BCUT2D eigenvalue weighted by Crippen LogP contribution is -2.42. The monoisotopic (exact) mass is 361 g/mol. The molecule has 0 atom stereocenters. The van der Waals surface area contributed by atoms with E-state index in [0.29, 0.717) is 16.3 Å². The van der Waals surface area contributed by atoms with Gasteiger partial charge in [0.05, 0.1) is 10.2 Å². The minimum Gasteiger partial charge on any atom is -0.419 e. The number of carbonyl (C=O) groups excluding carboxylic acids is 3. The number of amides is 1. The normalized spacial score (nSPS) is 16.2. The third-order valence-corrected chi connectivity index (χ3v) is 4.12. The molecule has 0 spiro atoms. The minimum absolute atomic E-state index is 0.195. The van der Waals surface area contributed by atoms with E-state index in [4.69, 9.17) is 9.47 Å². The number of hydrogen-bond acceptors (Lipinski definition) is 8. The zero-order valence-corrected chi connectivity index (χ0v) is 14.5. The van der Waals surface area contributed by atoms with Crippen LogP contribution in [0, 0.1) is 0 Å². The Labute approximate surface area is 146 Å². The van der Waals surface area contributed by atoms with Crippen LogP contribution in [0.3, 0.4) is 0 Å². The van der Waals surface area contributed by atoms with Gasteiger partial charge in [0.25, 0.3) is 5.79 Å². The molecule has 2 heterocycles. The van der Waals surface area contributed by atoms with E-state index in [1.165, 1.54) is 38.3 Å². The second-order valence-corrected chi connectivity index (χ2v) is 6.79. The Bertz CT molecular complexity index is 894. The first-order valence-electron chi connectivity index (χ1n) is 7.35. The van der Waals surface area contributed by atoms with Gasteiger partial charge in [-0.05, 0) is 18.2 Å². The molecule has 1 fully saturated rings. The molecular weight excluding hydrogens is 346 g/mol. The maximum atomic E-state index is 11.9. The van der Waals surface area contributed by atoms with Crippen molar-refractivity contribution in [1.29, 1.82) is 0 Å². The van der Waals surface area contributed by atoms with Crippen molar-refractivity contribution in [1.82, 2.24) is 4.98 Å². The van der Waals surface area contributed by atoms with Crippen LogP contribution in [0.2, 0.25) is 0 Å². The second-order valence-electron chi connectivity index (χ2n) is 5.76. The number of fused-ring (bicyclic) bond motifs is 1. The van der Waals surface area contributed by atoms with Crippen LogP contribution in [0.15, 0.2) is 30.0 Å². The van der Waals surface area contributed by atoms with Gasteiger partial charge in [-0.2, -0.15) is 0 Å². The SMILES string of the molecule is CC(=O)Nc1nc2cc(NC=C3C(=O)OC(C)(C)OC3=O)ccc2s1. The number of rotatable bonds is 3. The molecule has 25 heavy (non-hydrogen) atoms. The van der Waals surface area contributed by atoms with Crippen molar-refractivity contribution >= 4 is 50.2 Å². The summed E-state index contributed by atoms with van der Waals surface area (Å²) in [6.07, 6.45) is 1.24. The molecule has 1 amide bonds. The van der Waals surface area contributed by atoms with E-state index in [1.807, 2.05) is 6.07 Å². The zero-order chi connectivity index (χ0) is 18.2. The molecule has 1 aliphatic rings. The molecule has 8 nitrogen and oxygen atoms in total. The number of carbonyl (C=O) groups is 3. The lowest BCUT2D eigenvalue weighted by Gasteiger charge is -2.29. The van der Waals surface area contributed by atoms with Crippen LogP contribution in [0.1, 0.15) is 20.8 Å². The summed E-state index contributed by atoms with van der Waals surface area (Å²) in [6, 6.07) is 5.32. The van der Waals surface area contributed by atoms with E-state index in [0.717, 1.165) is 4.70 Å². The second kappa shape index (κ2) is 6.17. The Morgan fingerprint density at radius 2 is 1.92 bits per heavy atom. The van der Waals surface area contributed by atoms with Crippen LogP contribution in [0.5, 0.6) is 0 Å². The fraction of sp³-hybridized carbons (Fsp3) is 0.250. The highest BCUT2D eigenvalue weighted by molar-refractivity contribution is 7.22. The molecular formula is C16H15N3O5S. The number of cyclic esters (lactones) is 2. The Morgan fingerprint density at radius 1 is 1.24 bits per heavy atom. The van der Waals surface area contributed by atoms with Crippen molar-refractivity contribution in [2.24, 2.45) is 0 Å². The summed E-state index contributed by atoms with van der Waals surface area (Å²) >= 11 is 1.35. The van der Waals surface area contributed by atoms with Gasteiger partial charge < -0.3 is 20.1 Å². The molecule has 1 saturated heterocycles. The number of benzene rings is 1. The van der Waals surface area contributed by atoms with Gasteiger partial charge in [-0.25, -0.2) is 14.6 Å². The lowest BCUT2D eigenvalue weighted by molar-refractivity contribution is -0.222. The Balaban J connectivity index is 1.80. The summed E-state index contributed by atoms with van der Waals surface area (Å²) in [4.78, 5) is 39.1. The van der Waals surface area contributed by atoms with Gasteiger partial charge in [0.1, 0.15) is 0 Å². The summed E-state index contributed by atoms with van der Waals surface area (Å²) in [5, 5.41) is 5.99. The smallest absolute Gasteiger partial charge is 0.350 e. The van der Waals surface area contributed by atoms with Crippen LogP contribution in [0.25, 0.3) is 10.2 Å². The maximum Gasteiger partial charge on any atom is 0.350 e. The molecule has 1 aromatic carbocycles. The van der Waals surface area contributed by atoms with Gasteiger partial charge in [0.15, 0.2) is 10.7 Å². The Hall–Kier alpha value is -2.94. The predicted octanol–water partition coefficient (Wildman–Crippen LogP) is 2.39. The quantitative estimate of drug-likeness (QED) is 0.491. The number of esters is 2. The van der Waals surface area contributed by atoms with Crippen molar-refractivity contribution in [2.45, 2.75) is 26.6 Å². The van der Waals surface area contributed by atoms with Crippen LogP contribution >= 0.6 is 11.3 Å². The topological polar surface area (TPSA) is 107 Å². The van der Waals surface area contributed by atoms with Gasteiger partial charge in [-0.1, -0.05) is 11.3 Å². The third-order valence-electron chi connectivity index (χ3n) is 3.17. The maximum absolute atomic E-state index is 11.9. The van der Waals surface area contributed by atoms with Crippen molar-refractivity contribution in [3.8, 4) is 0 Å². The third kappa shape index (κ3) is 3.77. The van der Waals surface area contributed by atoms with E-state index in [-0.39, 0.29) is 11.5 Å². The summed E-state index contributed by atoms with van der Waals surface area (Å²) < 4.78 is 10.9. The predicted molar refractivity (Wildman–Crippen MR) is 91.9 cm³/mol. The van der Waals surface area contributed by atoms with Crippen LogP contribution in [-0.4, -0.2) is 28.6 Å². The first kappa shape index (κ1) is 16.9. The van der Waals surface area contributed by atoms with Gasteiger partial charge in [-0.3, -0.25) is 4.79 Å². The van der Waals surface area contributed by atoms with Gasteiger partial charge in [0, 0.05) is 32.7 Å². The molecule has 2 N–H and O–H groups in total. The van der Waals surface area contributed by atoms with E-state index in [2.05, 4.69) is 15.6 Å². The van der Waals surface area contributed by atoms with E-state index >= 15 is 0 Å². The molecule has 0 aliphatic carbocycles. The minimum atomic E-state index is -1.27. The number of thiazole rings is 1. The van der Waals surface area contributed by atoms with E-state index in [1.54, 1.807) is 12.1 Å². The number of anilines is 2. The number of ether oxygens (including phenoxy) is 2. The molecule has 0 unspecified atom stereocenters. The van der Waals surface area contributed by atoms with Gasteiger partial charge in [0.2, 0.25) is 5.91 Å². The van der Waals surface area contributed by atoms with Crippen LogP contribution in [0.4, 0.5) is 10.8 Å². The average molecular weight is 361 g/mol. The summed E-state index contributed by atoms with van der Waals surface area (Å²) in [7, 11) is 0. The Kier molecular flexibility index (Phi) is 4.17. The molecule has 2 aromatic rings. The van der Waals surface area contributed by atoms with E-state index in [9.17, 15) is 14.4 Å². The standard InChI is InChI=1S/C16H15N3O5S/c1-8(20)18-15-19-11-6-9(4-5-12(11)25-15)17-7-10-13(21)23-16(2,3)24-14(10)22/h4-7,17H,1-3H3,(H,18,19,20). The lowest BCUT2D eigenvalue weighted by atomic mass is 10.2. The number of aromatic nitrogens is 1. The zero-order valence-electron chi connectivity index (χ0n) is 13.7. The van der Waals surface area contributed by atoms with Crippen molar-refractivity contribution < 1.29 is 23.9 Å². The highest BCUT2D eigenvalue weighted by Crippen LogP contribution is 2.28. The number of hydrogen-bond donors (Lipinski definition) is 2. The molecule has 1 aromatic heterocycles. The first-order chi connectivity index (χ1) is 11.7. The molecule has 0 bridgehead atoms. The fourth-order valence-electron chi connectivity index (χ4n) is 2.16. The molecule has 9 heteroatoms. The average Bonchev–Trinajstić information content (AvgIpc) is 2.85. The Morgan fingerprint density at radius 3 is 2.56 bits per heavy atom. The number of nitrogens with zero attached hydrogens (tertiary/aromatic N) is 1. The molecule has 0 saturated carbocycles. The van der Waals surface area contributed by atoms with Crippen LogP contribution < -0.4 is 10.6 Å². The summed E-state index contributed by atoms with van der Waals surface area (Å²) in [5.74, 6) is -2.97. The molecule has 130 valence electrons. The molecule has 1 aliphatic heterocycles. The highest BCUT2D eigenvalue weighted by atomic mass is 32.1.